The maximum atomic E-state index is 13.2. The van der Waals surface area contributed by atoms with E-state index in [0.29, 0.717) is 29.1 Å². The van der Waals surface area contributed by atoms with E-state index in [1.807, 2.05) is 0 Å². The van der Waals surface area contributed by atoms with Gasteiger partial charge in [-0.15, -0.1) is 0 Å². The van der Waals surface area contributed by atoms with Crippen molar-refractivity contribution in [3.63, 3.8) is 0 Å². The Balaban J connectivity index is 2.11. The zero-order valence-electron chi connectivity index (χ0n) is 10.2. The van der Waals surface area contributed by atoms with Gasteiger partial charge in [-0.2, -0.15) is 0 Å². The van der Waals surface area contributed by atoms with Crippen LogP contribution in [0.5, 0.6) is 0 Å². The Bertz CT molecular complexity index is 522. The van der Waals surface area contributed by atoms with Crippen LogP contribution in [0.4, 0.5) is 4.39 Å². The largest absolute Gasteiger partial charge is 0.383 e. The molecule has 102 valence electrons. The Labute approximate surface area is 118 Å². The summed E-state index contributed by atoms with van der Waals surface area (Å²) in [4.78, 5) is 16.0. The molecule has 2 N–H and O–H groups in total. The average molecular weight is 330 g/mol. The van der Waals surface area contributed by atoms with Gasteiger partial charge in [-0.25, -0.2) is 4.39 Å². The molecule has 2 rings (SSSR count). The van der Waals surface area contributed by atoms with E-state index in [1.165, 1.54) is 6.07 Å². The molecule has 1 unspecified atom stereocenters. The van der Waals surface area contributed by atoms with Crippen LogP contribution >= 0.6 is 15.9 Å². The molecule has 1 atom stereocenters. The third-order valence-corrected chi connectivity index (χ3v) is 3.23. The van der Waals surface area contributed by atoms with Crippen LogP contribution in [0.1, 0.15) is 11.6 Å². The predicted octanol–water partition coefficient (Wildman–Crippen LogP) is 1.35. The molecule has 1 aliphatic rings. The normalized spacial score (nSPS) is 20.5. The summed E-state index contributed by atoms with van der Waals surface area (Å²) >= 11 is 3.10. The topological polar surface area (TPSA) is 62.7 Å². The van der Waals surface area contributed by atoms with Crippen LogP contribution in [0, 0.1) is 5.82 Å². The molecule has 0 bridgehead atoms. The van der Waals surface area contributed by atoms with E-state index < -0.39 is 6.04 Å². The van der Waals surface area contributed by atoms with Crippen molar-refractivity contribution in [2.24, 2.45) is 4.99 Å². The number of nitrogens with one attached hydrogen (secondary N) is 2. The highest BCUT2D eigenvalue weighted by Crippen LogP contribution is 2.23. The molecule has 1 saturated heterocycles. The van der Waals surface area contributed by atoms with Crippen LogP contribution in [-0.2, 0) is 9.53 Å². The van der Waals surface area contributed by atoms with Crippen LogP contribution in [0.15, 0.2) is 27.7 Å². The summed E-state index contributed by atoms with van der Waals surface area (Å²) < 4.78 is 18.4. The third-order valence-electron chi connectivity index (χ3n) is 2.63. The van der Waals surface area contributed by atoms with Crippen molar-refractivity contribution in [2.75, 3.05) is 20.3 Å². The molecule has 1 heterocycles. The molecule has 1 fully saturated rings. The lowest BCUT2D eigenvalue weighted by Gasteiger charge is -2.08. The number of carbonyl (C=O) groups is 1. The number of hydrogen-bond donors (Lipinski definition) is 2. The molecule has 19 heavy (non-hydrogen) atoms. The number of aliphatic imine (C=N–C) groups is 1. The quantitative estimate of drug-likeness (QED) is 0.820. The van der Waals surface area contributed by atoms with Gasteiger partial charge in [-0.05, 0) is 33.6 Å². The van der Waals surface area contributed by atoms with Crippen molar-refractivity contribution in [1.29, 1.82) is 0 Å². The molecule has 0 spiro atoms. The van der Waals surface area contributed by atoms with E-state index in [9.17, 15) is 9.18 Å². The van der Waals surface area contributed by atoms with Gasteiger partial charge in [0.05, 0.1) is 17.6 Å². The monoisotopic (exact) mass is 329 g/mol. The first-order chi connectivity index (χ1) is 9.11. The van der Waals surface area contributed by atoms with Crippen molar-refractivity contribution < 1.29 is 13.9 Å². The van der Waals surface area contributed by atoms with Gasteiger partial charge in [0.1, 0.15) is 11.9 Å². The standard InChI is InChI=1S/C12H13BrFN3O2/c1-19-5-4-15-12-16-10(11(18)17-12)7-2-3-9(14)8(13)6-7/h2-3,6,10H,4-5H2,1H3,(H2,15,16,17,18). The summed E-state index contributed by atoms with van der Waals surface area (Å²) in [7, 11) is 1.58. The molecule has 1 aromatic carbocycles. The van der Waals surface area contributed by atoms with E-state index >= 15 is 0 Å². The maximum absolute atomic E-state index is 13.2. The number of hydrogen-bond acceptors (Lipinski definition) is 3. The highest BCUT2D eigenvalue weighted by Gasteiger charge is 2.29. The highest BCUT2D eigenvalue weighted by molar-refractivity contribution is 9.10. The molecule has 0 aromatic heterocycles. The predicted molar refractivity (Wildman–Crippen MR) is 72.3 cm³/mol. The number of ether oxygens (including phenoxy) is 1. The number of guanidine groups is 1. The van der Waals surface area contributed by atoms with Crippen LogP contribution < -0.4 is 10.6 Å². The van der Waals surface area contributed by atoms with Gasteiger partial charge >= 0.3 is 0 Å². The second-order valence-electron chi connectivity index (χ2n) is 3.96. The number of benzene rings is 1. The molecular weight excluding hydrogens is 317 g/mol. The summed E-state index contributed by atoms with van der Waals surface area (Å²) in [5.41, 5.74) is 0.669. The minimum absolute atomic E-state index is 0.213. The zero-order chi connectivity index (χ0) is 13.8. The van der Waals surface area contributed by atoms with Crippen LogP contribution in [0.3, 0.4) is 0 Å². The Morgan fingerprint density at radius 2 is 2.32 bits per heavy atom. The smallest absolute Gasteiger partial charge is 0.253 e. The zero-order valence-corrected chi connectivity index (χ0v) is 11.8. The van der Waals surface area contributed by atoms with E-state index in [1.54, 1.807) is 19.2 Å². The van der Waals surface area contributed by atoms with Crippen molar-refractivity contribution in [1.82, 2.24) is 10.6 Å². The summed E-state index contributed by atoms with van der Waals surface area (Å²) in [6.07, 6.45) is 0. The molecule has 0 aliphatic carbocycles. The second kappa shape index (κ2) is 6.12. The van der Waals surface area contributed by atoms with Crippen LogP contribution in [0.25, 0.3) is 0 Å². The molecule has 1 aliphatic heterocycles. The van der Waals surface area contributed by atoms with Gasteiger partial charge in [0.2, 0.25) is 0 Å². The molecule has 7 heteroatoms. The van der Waals surface area contributed by atoms with E-state index in [0.717, 1.165) is 0 Å². The van der Waals surface area contributed by atoms with Gasteiger partial charge in [0, 0.05) is 7.11 Å². The third kappa shape index (κ3) is 3.30. The summed E-state index contributed by atoms with van der Waals surface area (Å²) in [5, 5.41) is 5.58. The van der Waals surface area contributed by atoms with E-state index in [-0.39, 0.29) is 11.7 Å². The van der Waals surface area contributed by atoms with Crippen LogP contribution in [0.2, 0.25) is 0 Å². The van der Waals surface area contributed by atoms with E-state index in [2.05, 4.69) is 31.6 Å². The van der Waals surface area contributed by atoms with Crippen molar-refractivity contribution in [2.45, 2.75) is 6.04 Å². The van der Waals surface area contributed by atoms with Gasteiger partial charge in [-0.1, -0.05) is 6.07 Å². The summed E-state index contributed by atoms with van der Waals surface area (Å²) in [6, 6.07) is 3.90. The molecule has 0 radical (unpaired) electrons. The van der Waals surface area contributed by atoms with Gasteiger partial charge in [0.25, 0.3) is 5.91 Å². The Kier molecular flexibility index (Phi) is 4.49. The first kappa shape index (κ1) is 14.0. The lowest BCUT2D eigenvalue weighted by atomic mass is 10.1. The van der Waals surface area contributed by atoms with Crippen LogP contribution in [-0.4, -0.2) is 32.1 Å². The fourth-order valence-electron chi connectivity index (χ4n) is 1.69. The van der Waals surface area contributed by atoms with Crippen molar-refractivity contribution in [3.8, 4) is 0 Å². The number of halogens is 2. The fraction of sp³-hybridized carbons (Fsp3) is 0.333. The molecule has 0 saturated carbocycles. The minimum Gasteiger partial charge on any atom is -0.383 e. The number of rotatable bonds is 4. The summed E-state index contributed by atoms with van der Waals surface area (Å²) in [5.74, 6) is -0.168. The van der Waals surface area contributed by atoms with Crippen molar-refractivity contribution in [3.05, 3.63) is 34.1 Å². The molecule has 1 amide bonds. The fourth-order valence-corrected chi connectivity index (χ4v) is 2.08. The highest BCUT2D eigenvalue weighted by atomic mass is 79.9. The number of nitrogens with zero attached hydrogens (tertiary/aromatic N) is 1. The average Bonchev–Trinajstić information content (AvgIpc) is 2.74. The second-order valence-corrected chi connectivity index (χ2v) is 4.82. The lowest BCUT2D eigenvalue weighted by Crippen LogP contribution is -2.26. The molecule has 5 nitrogen and oxygen atoms in total. The SMILES string of the molecule is COCCN=C1NC(=O)C(c2ccc(F)c(Br)c2)N1. The first-order valence-electron chi connectivity index (χ1n) is 5.67. The molecular formula is C12H13BrFN3O2. The number of carbonyl (C=O) groups excluding carboxylic acids is 1. The summed E-state index contributed by atoms with van der Waals surface area (Å²) in [6.45, 7) is 0.937. The Morgan fingerprint density at radius 1 is 1.53 bits per heavy atom. The number of methoxy groups -OCH3 is 1. The van der Waals surface area contributed by atoms with Gasteiger partial charge in [0.15, 0.2) is 5.96 Å². The maximum Gasteiger partial charge on any atom is 0.253 e. The lowest BCUT2D eigenvalue weighted by molar-refractivity contribution is -0.120. The van der Waals surface area contributed by atoms with E-state index in [4.69, 9.17) is 4.74 Å². The Hall–Kier alpha value is -1.47. The minimum atomic E-state index is -0.557. The number of amides is 1. The Morgan fingerprint density at radius 3 is 3.00 bits per heavy atom. The first-order valence-corrected chi connectivity index (χ1v) is 6.47. The van der Waals surface area contributed by atoms with Gasteiger partial charge in [-0.3, -0.25) is 15.1 Å². The molecule has 1 aromatic rings. The van der Waals surface area contributed by atoms with Crippen molar-refractivity contribution >= 4 is 27.8 Å². The van der Waals surface area contributed by atoms with Gasteiger partial charge < -0.3 is 10.1 Å².